The Balaban J connectivity index is 1.44. The lowest BCUT2D eigenvalue weighted by Crippen LogP contribution is -1.92. The fraction of sp³-hybridized carbons (Fsp3) is 0. The highest BCUT2D eigenvalue weighted by Crippen LogP contribution is 2.41. The van der Waals surface area contributed by atoms with Crippen molar-refractivity contribution < 1.29 is 0 Å². The van der Waals surface area contributed by atoms with Gasteiger partial charge in [-0.05, 0) is 77.5 Å². The van der Waals surface area contributed by atoms with Crippen LogP contribution in [-0.2, 0) is 0 Å². The van der Waals surface area contributed by atoms with Crippen LogP contribution in [0.5, 0.6) is 0 Å². The highest BCUT2D eigenvalue weighted by atomic mass is 14.2. The number of benzene rings is 8. The zero-order valence-electron chi connectivity index (χ0n) is 23.9. The molecule has 0 radical (unpaired) electrons. The van der Waals surface area contributed by atoms with Crippen LogP contribution in [0.1, 0.15) is 16.7 Å². The largest absolute Gasteiger partial charge is 0.192 e. The first kappa shape index (κ1) is 25.6. The molecular weight excluding hydrogens is 530 g/mol. The minimum Gasteiger partial charge on any atom is -0.192 e. The summed E-state index contributed by atoms with van der Waals surface area (Å²) in [5.74, 6) is 7.39. The summed E-state index contributed by atoms with van der Waals surface area (Å²) < 4.78 is 0. The van der Waals surface area contributed by atoms with E-state index in [1.54, 1.807) is 0 Å². The lowest BCUT2D eigenvalue weighted by molar-refractivity contribution is 1.49. The minimum absolute atomic E-state index is 0.655. The summed E-state index contributed by atoms with van der Waals surface area (Å²) in [6.45, 7) is 0. The average molecular weight is 556 g/mol. The van der Waals surface area contributed by atoms with Crippen LogP contribution in [0.3, 0.4) is 0 Å². The van der Waals surface area contributed by atoms with Gasteiger partial charge in [0.1, 0.15) is 0 Å². The van der Waals surface area contributed by atoms with Crippen molar-refractivity contribution in [3.8, 4) is 40.2 Å². The molecule has 0 aromatic heterocycles. The summed E-state index contributed by atoms with van der Waals surface area (Å²) in [6, 6.07) is 55.1. The first-order valence-corrected chi connectivity index (χ1v) is 14.8. The Kier molecular flexibility index (Phi) is 6.15. The normalized spacial score (nSPS) is 11.0. The van der Waals surface area contributed by atoms with Crippen LogP contribution in [0, 0.1) is 23.2 Å². The molecule has 0 fully saturated rings. The van der Waals surface area contributed by atoms with E-state index in [1.165, 1.54) is 21.9 Å². The van der Waals surface area contributed by atoms with E-state index >= 15 is 0 Å². The molecule has 0 unspecified atom stereocenters. The number of nitriles is 1. The van der Waals surface area contributed by atoms with E-state index < -0.39 is 0 Å². The first-order chi connectivity index (χ1) is 21.8. The lowest BCUT2D eigenvalue weighted by Gasteiger charge is -2.15. The molecule has 44 heavy (non-hydrogen) atoms. The molecule has 0 spiro atoms. The van der Waals surface area contributed by atoms with Gasteiger partial charge in [-0.15, -0.1) is 0 Å². The summed E-state index contributed by atoms with van der Waals surface area (Å²) in [4.78, 5) is 0. The molecule has 0 aliphatic carbocycles. The van der Waals surface area contributed by atoms with Gasteiger partial charge in [0.2, 0.25) is 0 Å². The Hall–Kier alpha value is -6.15. The number of hydrogen-bond acceptors (Lipinski definition) is 1. The van der Waals surface area contributed by atoms with Gasteiger partial charge in [-0.1, -0.05) is 151 Å². The number of fused-ring (bicyclic) bond motifs is 4. The Labute approximate surface area is 256 Å². The average Bonchev–Trinajstić information content (AvgIpc) is 3.10. The van der Waals surface area contributed by atoms with Crippen molar-refractivity contribution in [3.05, 3.63) is 168 Å². The maximum Gasteiger partial charge on any atom is 0.0991 e. The van der Waals surface area contributed by atoms with Gasteiger partial charge in [0.25, 0.3) is 0 Å². The zero-order valence-corrected chi connectivity index (χ0v) is 23.9. The molecule has 1 heteroatoms. The summed E-state index contributed by atoms with van der Waals surface area (Å²) in [5, 5.41) is 18.6. The molecule has 0 bridgehead atoms. The highest BCUT2D eigenvalue weighted by molar-refractivity contribution is 6.18. The van der Waals surface area contributed by atoms with Crippen LogP contribution >= 0.6 is 0 Å². The van der Waals surface area contributed by atoms with Gasteiger partial charge >= 0.3 is 0 Å². The van der Waals surface area contributed by atoms with Crippen LogP contribution in [-0.4, -0.2) is 0 Å². The van der Waals surface area contributed by atoms with E-state index in [4.69, 9.17) is 0 Å². The molecule has 0 saturated carbocycles. The van der Waals surface area contributed by atoms with Crippen LogP contribution in [0.4, 0.5) is 0 Å². The van der Waals surface area contributed by atoms with Crippen molar-refractivity contribution in [2.45, 2.75) is 0 Å². The summed E-state index contributed by atoms with van der Waals surface area (Å²) >= 11 is 0. The maximum atomic E-state index is 9.37. The van der Waals surface area contributed by atoms with Crippen LogP contribution in [0.25, 0.3) is 65.3 Å². The standard InChI is InChI=1S/C43H25N/c44-28-29-22-24-31(25-23-29)43-40-20-10-6-16-34(40)37(35-17-7-11-21-41(35)43)27-26-36-32-14-4-8-18-38(32)42(30-12-2-1-3-13-30)39-19-9-5-15-33(36)39/h1-25H. The lowest BCUT2D eigenvalue weighted by atomic mass is 9.87. The molecule has 0 heterocycles. The zero-order chi connectivity index (χ0) is 29.5. The summed E-state index contributed by atoms with van der Waals surface area (Å²) in [7, 11) is 0. The van der Waals surface area contributed by atoms with Gasteiger partial charge < -0.3 is 0 Å². The van der Waals surface area contributed by atoms with Gasteiger partial charge in [-0.3, -0.25) is 0 Å². The Bertz CT molecular complexity index is 2370. The quantitative estimate of drug-likeness (QED) is 0.154. The third-order valence-corrected chi connectivity index (χ3v) is 8.54. The summed E-state index contributed by atoms with van der Waals surface area (Å²) in [5.41, 5.74) is 7.41. The molecule has 0 aliphatic heterocycles. The SMILES string of the molecule is N#Cc1ccc(-c2c3ccccc3c(C#Cc3c4ccccc4c(-c4ccccc4)c4ccccc34)c3ccccc23)cc1. The second-order valence-electron chi connectivity index (χ2n) is 11.0. The molecule has 8 rings (SSSR count). The van der Waals surface area contributed by atoms with Gasteiger partial charge in [0.05, 0.1) is 11.6 Å². The third kappa shape index (κ3) is 4.12. The fourth-order valence-electron chi connectivity index (χ4n) is 6.59. The molecule has 0 saturated heterocycles. The number of rotatable bonds is 2. The summed E-state index contributed by atoms with van der Waals surface area (Å²) in [6.07, 6.45) is 0. The molecule has 8 aromatic carbocycles. The highest BCUT2D eigenvalue weighted by Gasteiger charge is 2.16. The van der Waals surface area contributed by atoms with E-state index in [9.17, 15) is 5.26 Å². The van der Waals surface area contributed by atoms with Gasteiger partial charge in [0, 0.05) is 11.1 Å². The molecule has 0 amide bonds. The van der Waals surface area contributed by atoms with Crippen molar-refractivity contribution in [1.29, 1.82) is 5.26 Å². The predicted molar refractivity (Wildman–Crippen MR) is 184 cm³/mol. The van der Waals surface area contributed by atoms with Crippen LogP contribution in [0.2, 0.25) is 0 Å². The Morgan fingerprint density at radius 2 is 0.636 bits per heavy atom. The number of nitrogens with zero attached hydrogens (tertiary/aromatic N) is 1. The monoisotopic (exact) mass is 555 g/mol. The van der Waals surface area contributed by atoms with E-state index in [2.05, 4.69) is 145 Å². The van der Waals surface area contributed by atoms with E-state index in [0.717, 1.165) is 54.6 Å². The Morgan fingerprint density at radius 1 is 0.318 bits per heavy atom. The van der Waals surface area contributed by atoms with Gasteiger partial charge in [-0.2, -0.15) is 5.26 Å². The van der Waals surface area contributed by atoms with Crippen molar-refractivity contribution in [2.24, 2.45) is 0 Å². The third-order valence-electron chi connectivity index (χ3n) is 8.54. The fourth-order valence-corrected chi connectivity index (χ4v) is 6.59. The minimum atomic E-state index is 0.655. The van der Waals surface area contributed by atoms with Gasteiger partial charge in [-0.25, -0.2) is 0 Å². The molecule has 8 aromatic rings. The molecular formula is C43H25N. The van der Waals surface area contributed by atoms with Crippen LogP contribution in [0.15, 0.2) is 152 Å². The Morgan fingerprint density at radius 3 is 1.00 bits per heavy atom. The van der Waals surface area contributed by atoms with Crippen molar-refractivity contribution in [2.75, 3.05) is 0 Å². The second kappa shape index (κ2) is 10.6. The topological polar surface area (TPSA) is 23.8 Å². The first-order valence-electron chi connectivity index (χ1n) is 14.8. The molecule has 1 nitrogen and oxygen atoms in total. The van der Waals surface area contributed by atoms with Crippen molar-refractivity contribution >= 4 is 43.1 Å². The van der Waals surface area contributed by atoms with E-state index in [-0.39, 0.29) is 0 Å². The molecule has 202 valence electrons. The number of hydrogen-bond donors (Lipinski definition) is 0. The smallest absolute Gasteiger partial charge is 0.0991 e. The van der Waals surface area contributed by atoms with Crippen LogP contribution < -0.4 is 0 Å². The maximum absolute atomic E-state index is 9.37. The second-order valence-corrected chi connectivity index (χ2v) is 11.0. The molecule has 0 aliphatic rings. The van der Waals surface area contributed by atoms with E-state index in [0.29, 0.717) is 5.56 Å². The van der Waals surface area contributed by atoms with E-state index in [1.807, 2.05) is 24.3 Å². The predicted octanol–water partition coefficient (Wildman–Crippen LogP) is 10.9. The van der Waals surface area contributed by atoms with Gasteiger partial charge in [0.15, 0.2) is 0 Å². The van der Waals surface area contributed by atoms with Crippen molar-refractivity contribution in [1.82, 2.24) is 0 Å². The molecule has 0 atom stereocenters. The molecule has 0 N–H and O–H groups in total. The van der Waals surface area contributed by atoms with Crippen molar-refractivity contribution in [3.63, 3.8) is 0 Å².